The van der Waals surface area contributed by atoms with Gasteiger partial charge in [0.2, 0.25) is 18.2 Å². The van der Waals surface area contributed by atoms with Gasteiger partial charge in [-0.15, -0.1) is 0 Å². The van der Waals surface area contributed by atoms with Crippen molar-refractivity contribution in [3.8, 4) is 5.75 Å². The summed E-state index contributed by atoms with van der Waals surface area (Å²) < 4.78 is 5.98. The summed E-state index contributed by atoms with van der Waals surface area (Å²) in [6.07, 6.45) is 5.15. The number of ether oxygens (including phenoxy) is 1. The third-order valence-electron chi connectivity index (χ3n) is 7.53. The number of unbranched alkanes of at least 4 members (excludes halogenated alkanes) is 1. The second kappa shape index (κ2) is 15.7. The molecule has 43 heavy (non-hydrogen) atoms. The molecule has 2 N–H and O–H groups in total. The van der Waals surface area contributed by atoms with E-state index in [2.05, 4.69) is 20.4 Å². The smallest absolute Gasteiger partial charge is 0.253 e. The molecule has 2 aliphatic rings. The van der Waals surface area contributed by atoms with Gasteiger partial charge in [-0.2, -0.15) is 0 Å². The Labute approximate surface area is 261 Å². The molecule has 0 radical (unpaired) electrons. The molecule has 2 aromatic rings. The van der Waals surface area contributed by atoms with E-state index >= 15 is 0 Å². The van der Waals surface area contributed by atoms with E-state index in [1.165, 1.54) is 12.2 Å². The summed E-state index contributed by atoms with van der Waals surface area (Å²) in [7, 11) is 0. The highest BCUT2D eigenvalue weighted by Gasteiger charge is 2.26. The number of hydrogen-bond donors (Lipinski definition) is 2. The first-order valence-electron chi connectivity index (χ1n) is 14.4. The van der Waals surface area contributed by atoms with E-state index in [4.69, 9.17) is 27.9 Å². The molecule has 0 saturated carbocycles. The molecular formula is C31H37Cl2N5O5. The monoisotopic (exact) mass is 629 g/mol. The lowest BCUT2D eigenvalue weighted by Crippen LogP contribution is -2.46. The molecule has 2 aromatic carbocycles. The van der Waals surface area contributed by atoms with Crippen LogP contribution in [0, 0.1) is 0 Å². The molecule has 4 amide bonds. The number of rotatable bonds is 13. The van der Waals surface area contributed by atoms with Crippen LogP contribution in [-0.4, -0.2) is 86.4 Å². The minimum absolute atomic E-state index is 0.153. The highest BCUT2D eigenvalue weighted by atomic mass is 35.5. The summed E-state index contributed by atoms with van der Waals surface area (Å²) in [5.41, 5.74) is 2.53. The molecule has 1 atom stereocenters. The summed E-state index contributed by atoms with van der Waals surface area (Å²) >= 11 is 12.6. The predicted octanol–water partition coefficient (Wildman–Crippen LogP) is 4.08. The van der Waals surface area contributed by atoms with Crippen LogP contribution in [0.1, 0.15) is 37.7 Å². The van der Waals surface area contributed by atoms with Gasteiger partial charge in [0.25, 0.3) is 5.91 Å². The van der Waals surface area contributed by atoms with Crippen LogP contribution in [-0.2, 0) is 19.2 Å². The van der Waals surface area contributed by atoms with Gasteiger partial charge in [-0.05, 0) is 56.1 Å². The maximum absolute atomic E-state index is 12.4. The van der Waals surface area contributed by atoms with Gasteiger partial charge in [-0.25, -0.2) is 0 Å². The average molecular weight is 631 g/mol. The first-order valence-corrected chi connectivity index (χ1v) is 15.2. The van der Waals surface area contributed by atoms with Gasteiger partial charge < -0.3 is 20.3 Å². The van der Waals surface area contributed by atoms with Gasteiger partial charge in [0, 0.05) is 56.8 Å². The van der Waals surface area contributed by atoms with Crippen molar-refractivity contribution in [1.82, 2.24) is 15.1 Å². The Morgan fingerprint density at radius 3 is 2.67 bits per heavy atom. The fourth-order valence-electron chi connectivity index (χ4n) is 5.24. The Morgan fingerprint density at radius 2 is 1.93 bits per heavy atom. The molecule has 1 unspecified atom stereocenters. The molecule has 0 aromatic heterocycles. The molecule has 1 fully saturated rings. The first-order chi connectivity index (χ1) is 20.8. The minimum atomic E-state index is -0.568. The second-order valence-corrected chi connectivity index (χ2v) is 11.3. The van der Waals surface area contributed by atoms with Crippen LogP contribution >= 0.6 is 23.2 Å². The maximum atomic E-state index is 12.4. The van der Waals surface area contributed by atoms with Crippen LogP contribution < -0.4 is 20.3 Å². The number of amides is 4. The van der Waals surface area contributed by atoms with Gasteiger partial charge in [-0.1, -0.05) is 41.4 Å². The lowest BCUT2D eigenvalue weighted by Gasteiger charge is -2.36. The summed E-state index contributed by atoms with van der Waals surface area (Å²) in [6.45, 7) is 6.72. The highest BCUT2D eigenvalue weighted by Crippen LogP contribution is 2.35. The Balaban J connectivity index is 1.19. The maximum Gasteiger partial charge on any atom is 0.253 e. The van der Waals surface area contributed by atoms with E-state index in [1.807, 2.05) is 30.3 Å². The van der Waals surface area contributed by atoms with Gasteiger partial charge in [0.1, 0.15) is 12.3 Å². The third-order valence-corrected chi connectivity index (χ3v) is 8.34. The zero-order chi connectivity index (χ0) is 30.8. The number of hydrogen-bond acceptors (Lipinski definition) is 7. The Kier molecular flexibility index (Phi) is 11.8. The van der Waals surface area contributed by atoms with E-state index in [1.54, 1.807) is 13.0 Å². The third kappa shape index (κ3) is 8.95. The number of imide groups is 1. The van der Waals surface area contributed by atoms with E-state index in [9.17, 15) is 19.2 Å². The van der Waals surface area contributed by atoms with E-state index < -0.39 is 11.8 Å². The van der Waals surface area contributed by atoms with Crippen LogP contribution in [0.3, 0.4) is 0 Å². The van der Waals surface area contributed by atoms with Crippen LogP contribution in [0.25, 0.3) is 0 Å². The summed E-state index contributed by atoms with van der Waals surface area (Å²) in [6, 6.07) is 11.3. The molecular weight excluding hydrogens is 593 g/mol. The molecule has 4 rings (SSSR count). The predicted molar refractivity (Wildman–Crippen MR) is 168 cm³/mol. The number of carbonyl (C=O) groups is 4. The lowest BCUT2D eigenvalue weighted by atomic mass is 9.90. The first kappa shape index (κ1) is 32.3. The summed E-state index contributed by atoms with van der Waals surface area (Å²) in [5.74, 6) is -0.779. The fraction of sp³-hybridized carbons (Fsp3) is 0.419. The van der Waals surface area contributed by atoms with Crippen molar-refractivity contribution in [1.29, 1.82) is 0 Å². The van der Waals surface area contributed by atoms with Crippen LogP contribution in [0.5, 0.6) is 5.75 Å². The highest BCUT2D eigenvalue weighted by molar-refractivity contribution is 6.43. The van der Waals surface area contributed by atoms with Crippen molar-refractivity contribution >= 4 is 58.7 Å². The zero-order valence-corrected chi connectivity index (χ0v) is 25.7. The molecule has 0 bridgehead atoms. The van der Waals surface area contributed by atoms with Crippen LogP contribution in [0.2, 0.25) is 10.0 Å². The number of carbonyl (C=O) groups excluding carboxylic acids is 4. The summed E-state index contributed by atoms with van der Waals surface area (Å²) in [5, 5.41) is 6.81. The van der Waals surface area contributed by atoms with Crippen LogP contribution in [0.4, 0.5) is 11.4 Å². The zero-order valence-electron chi connectivity index (χ0n) is 24.2. The van der Waals surface area contributed by atoms with Gasteiger partial charge in [-0.3, -0.25) is 29.0 Å². The molecule has 10 nitrogen and oxygen atoms in total. The standard InChI is InChI=1S/C31H37Cl2N5O5/c1-2-6-30(42)38(21-39)20-29(41)34-19-22-17-28(40)35-26-18-23(9-10-24(22)26)43-16-4-3-11-36-12-14-37(15-13-36)27-8-5-7-25(32)31(27)33/h2,5-10,18,21-22H,3-4,11-17,19-20H2,1H3,(H,34,41)(H,35,40)/b6-2-. The van der Waals surface area contributed by atoms with Crippen molar-refractivity contribution in [2.75, 3.05) is 62.6 Å². The van der Waals surface area contributed by atoms with Gasteiger partial charge >= 0.3 is 0 Å². The van der Waals surface area contributed by atoms with E-state index in [0.29, 0.717) is 34.5 Å². The second-order valence-electron chi connectivity index (χ2n) is 10.5. The molecule has 2 heterocycles. The number of benzene rings is 2. The molecule has 230 valence electrons. The largest absolute Gasteiger partial charge is 0.494 e. The van der Waals surface area contributed by atoms with Crippen LogP contribution in [0.15, 0.2) is 48.6 Å². The molecule has 0 aliphatic carbocycles. The Hall–Kier alpha value is -3.60. The van der Waals surface area contributed by atoms with Gasteiger partial charge in [0.15, 0.2) is 0 Å². The summed E-state index contributed by atoms with van der Waals surface area (Å²) in [4.78, 5) is 53.3. The van der Waals surface area contributed by atoms with Crippen molar-refractivity contribution < 1.29 is 23.9 Å². The van der Waals surface area contributed by atoms with E-state index in [-0.39, 0.29) is 31.3 Å². The Morgan fingerprint density at radius 1 is 1.14 bits per heavy atom. The molecule has 1 saturated heterocycles. The topological polar surface area (TPSA) is 111 Å². The number of anilines is 2. The van der Waals surface area contributed by atoms with Crippen molar-refractivity contribution in [3.63, 3.8) is 0 Å². The Bertz CT molecular complexity index is 1350. The quantitative estimate of drug-likeness (QED) is 0.195. The molecule has 12 heteroatoms. The number of piperazine rings is 1. The number of nitrogens with zero attached hydrogens (tertiary/aromatic N) is 3. The van der Waals surface area contributed by atoms with Gasteiger partial charge in [0.05, 0.1) is 22.3 Å². The van der Waals surface area contributed by atoms with E-state index in [0.717, 1.165) is 61.7 Å². The van der Waals surface area contributed by atoms with Crippen molar-refractivity contribution in [3.05, 3.63) is 64.2 Å². The molecule has 2 aliphatic heterocycles. The number of allylic oxidation sites excluding steroid dienone is 1. The number of nitrogens with one attached hydrogen (secondary N) is 2. The molecule has 0 spiro atoms. The normalized spacial score (nSPS) is 16.9. The fourth-order valence-corrected chi connectivity index (χ4v) is 5.65. The number of halogens is 2. The number of fused-ring (bicyclic) bond motifs is 1. The average Bonchev–Trinajstić information content (AvgIpc) is 3.00. The SMILES string of the molecule is C/C=C\C(=O)N(C=O)CC(=O)NCC1CC(=O)Nc2cc(OCCCCN3CCN(c4cccc(Cl)c4Cl)CC3)ccc21. The van der Waals surface area contributed by atoms with Crippen molar-refractivity contribution in [2.24, 2.45) is 0 Å². The minimum Gasteiger partial charge on any atom is -0.494 e. The van der Waals surface area contributed by atoms with Crippen molar-refractivity contribution in [2.45, 2.75) is 32.1 Å². The lowest BCUT2D eigenvalue weighted by molar-refractivity contribution is -0.139.